The number of nitrogens with zero attached hydrogens (tertiary/aromatic N) is 1. The zero-order valence-corrected chi connectivity index (χ0v) is 8.57. The Morgan fingerprint density at radius 3 is 2.41 bits per heavy atom. The molecule has 0 atom stereocenters. The summed E-state index contributed by atoms with van der Waals surface area (Å²) in [6, 6.07) is 6.69. The molecule has 0 unspecified atom stereocenters. The summed E-state index contributed by atoms with van der Waals surface area (Å²) in [5.74, 6) is -0.770. The first-order valence-electron chi connectivity index (χ1n) is 4.79. The topological polar surface area (TPSA) is 33.1 Å². The largest absolute Gasteiger partial charge is 0.507 e. The van der Waals surface area contributed by atoms with E-state index in [0.717, 1.165) is 6.07 Å². The van der Waals surface area contributed by atoms with Crippen molar-refractivity contribution in [1.29, 1.82) is 0 Å². The van der Waals surface area contributed by atoms with Crippen LogP contribution in [0.25, 0.3) is 11.1 Å². The Morgan fingerprint density at radius 2 is 1.82 bits per heavy atom. The van der Waals surface area contributed by atoms with E-state index in [1.165, 1.54) is 24.5 Å². The van der Waals surface area contributed by atoms with Gasteiger partial charge < -0.3 is 5.11 Å². The van der Waals surface area contributed by atoms with Crippen molar-refractivity contribution in [3.05, 3.63) is 48.3 Å². The van der Waals surface area contributed by atoms with Crippen LogP contribution in [0.3, 0.4) is 0 Å². The predicted molar refractivity (Wildman–Crippen MR) is 56.3 cm³/mol. The Labute approximate surface area is 95.4 Å². The highest BCUT2D eigenvalue weighted by Crippen LogP contribution is 2.40. The fraction of sp³-hybridized carbons (Fsp3) is 0.0833. The lowest BCUT2D eigenvalue weighted by Crippen LogP contribution is -2.05. The lowest BCUT2D eigenvalue weighted by molar-refractivity contribution is -0.138. The average molecular weight is 239 g/mol. The Bertz CT molecular complexity index is 523. The van der Waals surface area contributed by atoms with E-state index in [-0.39, 0.29) is 5.56 Å². The lowest BCUT2D eigenvalue weighted by atomic mass is 10.0. The number of alkyl halides is 3. The van der Waals surface area contributed by atoms with E-state index in [2.05, 4.69) is 4.98 Å². The third-order valence-corrected chi connectivity index (χ3v) is 2.31. The number of aromatic nitrogens is 1. The zero-order chi connectivity index (χ0) is 12.5. The number of para-hydroxylation sites is 1. The number of benzene rings is 1. The number of pyridine rings is 1. The number of phenols is 1. The summed E-state index contributed by atoms with van der Waals surface area (Å²) in [5, 5.41) is 9.63. The molecule has 0 saturated heterocycles. The predicted octanol–water partition coefficient (Wildman–Crippen LogP) is 3.47. The van der Waals surface area contributed by atoms with Crippen LogP contribution in [0.4, 0.5) is 13.2 Å². The first-order valence-corrected chi connectivity index (χ1v) is 4.79. The molecule has 0 radical (unpaired) electrons. The molecule has 2 nitrogen and oxygen atoms in total. The summed E-state index contributed by atoms with van der Waals surface area (Å²) < 4.78 is 37.7. The van der Waals surface area contributed by atoms with Crippen molar-refractivity contribution in [2.45, 2.75) is 6.18 Å². The summed E-state index contributed by atoms with van der Waals surface area (Å²) >= 11 is 0. The minimum atomic E-state index is -4.57. The SMILES string of the molecule is Oc1c(-c2cccnc2)cccc1C(F)(F)F. The van der Waals surface area contributed by atoms with Crippen LogP contribution >= 0.6 is 0 Å². The van der Waals surface area contributed by atoms with Gasteiger partial charge >= 0.3 is 6.18 Å². The van der Waals surface area contributed by atoms with Gasteiger partial charge in [-0.1, -0.05) is 18.2 Å². The molecule has 0 saturated carbocycles. The van der Waals surface area contributed by atoms with Crippen molar-refractivity contribution in [2.24, 2.45) is 0 Å². The van der Waals surface area contributed by atoms with Crippen LogP contribution in [0, 0.1) is 0 Å². The molecule has 0 fully saturated rings. The minimum Gasteiger partial charge on any atom is -0.507 e. The highest BCUT2D eigenvalue weighted by molar-refractivity contribution is 5.71. The van der Waals surface area contributed by atoms with E-state index in [0.29, 0.717) is 5.56 Å². The highest BCUT2D eigenvalue weighted by Gasteiger charge is 2.34. The van der Waals surface area contributed by atoms with Gasteiger partial charge in [0.2, 0.25) is 0 Å². The molecule has 0 aliphatic heterocycles. The van der Waals surface area contributed by atoms with Crippen molar-refractivity contribution in [3.8, 4) is 16.9 Å². The molecule has 0 spiro atoms. The zero-order valence-electron chi connectivity index (χ0n) is 8.57. The summed E-state index contributed by atoms with van der Waals surface area (Å²) in [6.45, 7) is 0. The molecule has 1 N–H and O–H groups in total. The Hall–Kier alpha value is -2.04. The van der Waals surface area contributed by atoms with Gasteiger partial charge in [0, 0.05) is 23.5 Å². The normalized spacial score (nSPS) is 11.5. The molecule has 0 amide bonds. The molecule has 0 bridgehead atoms. The van der Waals surface area contributed by atoms with Crippen LogP contribution in [-0.2, 0) is 6.18 Å². The standard InChI is InChI=1S/C12H8F3NO/c13-12(14,15)10-5-1-4-9(11(10)17)8-3-2-6-16-7-8/h1-7,17H. The molecule has 0 aliphatic rings. The number of phenolic OH excluding ortho intramolecular Hbond substituents is 1. The molecule has 2 rings (SSSR count). The van der Waals surface area contributed by atoms with Gasteiger partial charge in [0.25, 0.3) is 0 Å². The lowest BCUT2D eigenvalue weighted by Gasteiger charge is -2.12. The maximum Gasteiger partial charge on any atom is 0.419 e. The van der Waals surface area contributed by atoms with Crippen LogP contribution in [0.5, 0.6) is 5.75 Å². The smallest absolute Gasteiger partial charge is 0.419 e. The molecule has 1 aromatic heterocycles. The van der Waals surface area contributed by atoms with Gasteiger partial charge in [-0.05, 0) is 12.1 Å². The summed E-state index contributed by atoms with van der Waals surface area (Å²) in [5.41, 5.74) is -0.483. The summed E-state index contributed by atoms with van der Waals surface area (Å²) in [4.78, 5) is 3.80. The molecule has 5 heteroatoms. The second-order valence-electron chi connectivity index (χ2n) is 3.44. The molecule has 0 aliphatic carbocycles. The Kier molecular flexibility index (Phi) is 2.75. The number of aromatic hydroxyl groups is 1. The molecule has 17 heavy (non-hydrogen) atoms. The first-order chi connectivity index (χ1) is 8.00. The molecule has 1 heterocycles. The van der Waals surface area contributed by atoms with E-state index in [9.17, 15) is 18.3 Å². The number of hydrogen-bond acceptors (Lipinski definition) is 2. The van der Waals surface area contributed by atoms with Gasteiger partial charge in [-0.2, -0.15) is 13.2 Å². The molecule has 1 aromatic carbocycles. The maximum atomic E-state index is 12.6. The van der Waals surface area contributed by atoms with Gasteiger partial charge in [0.05, 0.1) is 5.56 Å². The second kappa shape index (κ2) is 4.08. The van der Waals surface area contributed by atoms with Crippen LogP contribution in [0.15, 0.2) is 42.7 Å². The second-order valence-corrected chi connectivity index (χ2v) is 3.44. The van der Waals surface area contributed by atoms with Gasteiger partial charge in [0.1, 0.15) is 5.75 Å². The molecule has 88 valence electrons. The first kappa shape index (κ1) is 11.4. The van der Waals surface area contributed by atoms with E-state index < -0.39 is 17.5 Å². The fourth-order valence-corrected chi connectivity index (χ4v) is 1.53. The van der Waals surface area contributed by atoms with E-state index in [1.54, 1.807) is 12.1 Å². The van der Waals surface area contributed by atoms with Crippen molar-refractivity contribution < 1.29 is 18.3 Å². The average Bonchev–Trinajstić information content (AvgIpc) is 2.29. The monoisotopic (exact) mass is 239 g/mol. The third-order valence-electron chi connectivity index (χ3n) is 2.31. The van der Waals surface area contributed by atoms with Crippen molar-refractivity contribution in [1.82, 2.24) is 4.98 Å². The van der Waals surface area contributed by atoms with Crippen LogP contribution in [0.1, 0.15) is 5.56 Å². The maximum absolute atomic E-state index is 12.6. The quantitative estimate of drug-likeness (QED) is 0.826. The van der Waals surface area contributed by atoms with Crippen LogP contribution in [-0.4, -0.2) is 10.1 Å². The van der Waals surface area contributed by atoms with Gasteiger partial charge in [-0.3, -0.25) is 4.98 Å². The molecular weight excluding hydrogens is 231 g/mol. The Balaban J connectivity index is 2.58. The Morgan fingerprint density at radius 1 is 1.06 bits per heavy atom. The van der Waals surface area contributed by atoms with E-state index in [1.807, 2.05) is 0 Å². The van der Waals surface area contributed by atoms with Crippen molar-refractivity contribution in [2.75, 3.05) is 0 Å². The number of rotatable bonds is 1. The fourth-order valence-electron chi connectivity index (χ4n) is 1.53. The minimum absolute atomic E-state index is 0.118. The molecule has 2 aromatic rings. The number of hydrogen-bond donors (Lipinski definition) is 1. The van der Waals surface area contributed by atoms with Crippen molar-refractivity contribution >= 4 is 0 Å². The van der Waals surface area contributed by atoms with Gasteiger partial charge in [-0.25, -0.2) is 0 Å². The van der Waals surface area contributed by atoms with E-state index in [4.69, 9.17) is 0 Å². The van der Waals surface area contributed by atoms with Gasteiger partial charge in [-0.15, -0.1) is 0 Å². The highest BCUT2D eigenvalue weighted by atomic mass is 19.4. The summed E-state index contributed by atoms with van der Waals surface area (Å²) in [7, 11) is 0. The van der Waals surface area contributed by atoms with Gasteiger partial charge in [0.15, 0.2) is 0 Å². The number of halogens is 3. The van der Waals surface area contributed by atoms with Crippen molar-refractivity contribution in [3.63, 3.8) is 0 Å². The van der Waals surface area contributed by atoms with E-state index >= 15 is 0 Å². The third kappa shape index (κ3) is 2.22. The summed E-state index contributed by atoms with van der Waals surface area (Å²) in [6.07, 6.45) is -1.66. The van der Waals surface area contributed by atoms with Crippen LogP contribution in [0.2, 0.25) is 0 Å². The van der Waals surface area contributed by atoms with Crippen LogP contribution < -0.4 is 0 Å². The molecular formula is C12H8F3NO.